The molecule has 1 fully saturated rings. The maximum absolute atomic E-state index is 13.4. The lowest BCUT2D eigenvalue weighted by Crippen LogP contribution is -2.42. The zero-order chi connectivity index (χ0) is 15.2. The van der Waals surface area contributed by atoms with Crippen LogP contribution in [0.3, 0.4) is 0 Å². The van der Waals surface area contributed by atoms with Gasteiger partial charge in [0.2, 0.25) is 5.91 Å². The van der Waals surface area contributed by atoms with Crippen LogP contribution in [0.5, 0.6) is 0 Å². The summed E-state index contributed by atoms with van der Waals surface area (Å²) in [4.78, 5) is 25.2. The number of morpholine rings is 1. The second kappa shape index (κ2) is 7.12. The van der Waals surface area contributed by atoms with Crippen LogP contribution in [-0.4, -0.2) is 49.6 Å². The third-order valence-corrected chi connectivity index (χ3v) is 3.16. The van der Waals surface area contributed by atoms with Gasteiger partial charge in [0, 0.05) is 32.1 Å². The lowest BCUT2D eigenvalue weighted by molar-refractivity contribution is -0.135. The molecule has 0 saturated carbocycles. The standard InChI is InChI=1S/C14H16F2N2O3/c15-10-1-2-11(12(16)9-10)14(20)17-4-3-13(19)18-5-7-21-8-6-18/h1-2,9H,3-8H2,(H,17,20). The van der Waals surface area contributed by atoms with Crippen molar-refractivity contribution in [3.8, 4) is 0 Å². The topological polar surface area (TPSA) is 58.6 Å². The average Bonchev–Trinajstić information content (AvgIpc) is 2.47. The molecule has 1 aromatic rings. The van der Waals surface area contributed by atoms with E-state index in [9.17, 15) is 18.4 Å². The fraction of sp³-hybridized carbons (Fsp3) is 0.429. The molecule has 0 aromatic heterocycles. The van der Waals surface area contributed by atoms with Crippen LogP contribution >= 0.6 is 0 Å². The molecule has 0 aliphatic carbocycles. The van der Waals surface area contributed by atoms with Crippen LogP contribution in [0.2, 0.25) is 0 Å². The molecule has 1 aliphatic rings. The maximum Gasteiger partial charge on any atom is 0.254 e. The fourth-order valence-electron chi connectivity index (χ4n) is 2.02. The maximum atomic E-state index is 13.4. The summed E-state index contributed by atoms with van der Waals surface area (Å²) in [6, 6.07) is 2.73. The smallest absolute Gasteiger partial charge is 0.254 e. The number of hydrogen-bond donors (Lipinski definition) is 1. The minimum Gasteiger partial charge on any atom is -0.378 e. The summed E-state index contributed by atoms with van der Waals surface area (Å²) in [5.41, 5.74) is -0.241. The minimum absolute atomic E-state index is 0.0850. The van der Waals surface area contributed by atoms with Crippen molar-refractivity contribution in [1.29, 1.82) is 0 Å². The van der Waals surface area contributed by atoms with Crippen molar-refractivity contribution < 1.29 is 23.1 Å². The Morgan fingerprint density at radius 3 is 2.62 bits per heavy atom. The number of nitrogens with zero attached hydrogens (tertiary/aromatic N) is 1. The van der Waals surface area contributed by atoms with Crippen LogP contribution < -0.4 is 5.32 Å². The lowest BCUT2D eigenvalue weighted by atomic mass is 10.2. The Hall–Kier alpha value is -2.02. The van der Waals surface area contributed by atoms with E-state index in [0.29, 0.717) is 32.4 Å². The van der Waals surface area contributed by atoms with E-state index in [1.54, 1.807) is 4.90 Å². The van der Waals surface area contributed by atoms with Crippen molar-refractivity contribution in [2.75, 3.05) is 32.8 Å². The summed E-state index contributed by atoms with van der Waals surface area (Å²) in [5, 5.41) is 2.45. The number of carbonyl (C=O) groups is 2. The number of halogens is 2. The number of hydrogen-bond acceptors (Lipinski definition) is 3. The molecule has 0 bridgehead atoms. The van der Waals surface area contributed by atoms with Gasteiger partial charge in [-0.3, -0.25) is 9.59 Å². The Kier molecular flexibility index (Phi) is 5.21. The Labute approximate surface area is 120 Å². The van der Waals surface area contributed by atoms with Gasteiger partial charge in [-0.1, -0.05) is 0 Å². The SMILES string of the molecule is O=C(NCCC(=O)N1CCOCC1)c1ccc(F)cc1F. The zero-order valence-electron chi connectivity index (χ0n) is 11.4. The third-order valence-electron chi connectivity index (χ3n) is 3.16. The van der Waals surface area contributed by atoms with E-state index in [2.05, 4.69) is 5.32 Å². The van der Waals surface area contributed by atoms with Crippen molar-refractivity contribution >= 4 is 11.8 Å². The first-order chi connectivity index (χ1) is 10.1. The summed E-state index contributed by atoms with van der Waals surface area (Å²) in [6.07, 6.45) is 0.133. The number of benzene rings is 1. The Morgan fingerprint density at radius 1 is 1.24 bits per heavy atom. The molecule has 1 aromatic carbocycles. The normalized spacial score (nSPS) is 14.9. The van der Waals surface area contributed by atoms with E-state index >= 15 is 0 Å². The summed E-state index contributed by atoms with van der Waals surface area (Å²) in [5.74, 6) is -2.42. The van der Waals surface area contributed by atoms with Gasteiger partial charge in [0.05, 0.1) is 18.8 Å². The first-order valence-electron chi connectivity index (χ1n) is 6.66. The van der Waals surface area contributed by atoms with Crippen LogP contribution in [0, 0.1) is 11.6 Å². The predicted octanol–water partition coefficient (Wildman–Crippen LogP) is 0.944. The van der Waals surface area contributed by atoms with Crippen LogP contribution in [0.25, 0.3) is 0 Å². The van der Waals surface area contributed by atoms with Gasteiger partial charge in [0.15, 0.2) is 0 Å². The molecule has 1 N–H and O–H groups in total. The zero-order valence-corrected chi connectivity index (χ0v) is 11.4. The lowest BCUT2D eigenvalue weighted by Gasteiger charge is -2.26. The molecule has 0 unspecified atom stereocenters. The minimum atomic E-state index is -0.924. The molecule has 1 heterocycles. The second-order valence-corrected chi connectivity index (χ2v) is 4.62. The van der Waals surface area contributed by atoms with E-state index in [0.717, 1.165) is 12.1 Å². The first-order valence-corrected chi connectivity index (χ1v) is 6.66. The highest BCUT2D eigenvalue weighted by molar-refractivity contribution is 5.94. The number of nitrogens with one attached hydrogen (secondary N) is 1. The largest absolute Gasteiger partial charge is 0.378 e. The Balaban J connectivity index is 1.79. The number of ether oxygens (including phenoxy) is 1. The van der Waals surface area contributed by atoms with Crippen molar-refractivity contribution in [2.24, 2.45) is 0 Å². The van der Waals surface area contributed by atoms with E-state index in [1.165, 1.54) is 0 Å². The third kappa shape index (κ3) is 4.22. The molecule has 0 atom stereocenters. The summed E-state index contributed by atoms with van der Waals surface area (Å²) < 4.78 is 31.3. The van der Waals surface area contributed by atoms with Crippen LogP contribution in [-0.2, 0) is 9.53 Å². The summed E-state index contributed by atoms with van der Waals surface area (Å²) in [6.45, 7) is 2.21. The number of amides is 2. The molecular weight excluding hydrogens is 282 g/mol. The van der Waals surface area contributed by atoms with Crippen LogP contribution in [0.1, 0.15) is 16.8 Å². The van der Waals surface area contributed by atoms with Gasteiger partial charge in [-0.2, -0.15) is 0 Å². The summed E-state index contributed by atoms with van der Waals surface area (Å²) in [7, 11) is 0. The quantitative estimate of drug-likeness (QED) is 0.900. The molecule has 7 heteroatoms. The molecule has 1 aliphatic heterocycles. The molecule has 5 nitrogen and oxygen atoms in total. The highest BCUT2D eigenvalue weighted by Crippen LogP contribution is 2.09. The van der Waals surface area contributed by atoms with Crippen molar-refractivity contribution in [3.05, 3.63) is 35.4 Å². The highest BCUT2D eigenvalue weighted by Gasteiger charge is 2.17. The van der Waals surface area contributed by atoms with Gasteiger partial charge >= 0.3 is 0 Å². The van der Waals surface area contributed by atoms with Crippen LogP contribution in [0.4, 0.5) is 8.78 Å². The van der Waals surface area contributed by atoms with Crippen molar-refractivity contribution in [1.82, 2.24) is 10.2 Å². The predicted molar refractivity (Wildman–Crippen MR) is 70.7 cm³/mol. The number of carbonyl (C=O) groups excluding carboxylic acids is 2. The average molecular weight is 298 g/mol. The van der Waals surface area contributed by atoms with Gasteiger partial charge < -0.3 is 15.0 Å². The molecule has 0 spiro atoms. The van der Waals surface area contributed by atoms with Gasteiger partial charge in [-0.15, -0.1) is 0 Å². The van der Waals surface area contributed by atoms with Crippen LogP contribution in [0.15, 0.2) is 18.2 Å². The number of rotatable bonds is 4. The first kappa shape index (κ1) is 15.4. The molecule has 2 rings (SSSR count). The van der Waals surface area contributed by atoms with E-state index in [1.807, 2.05) is 0 Å². The fourth-order valence-corrected chi connectivity index (χ4v) is 2.02. The van der Waals surface area contributed by atoms with Crippen molar-refractivity contribution in [3.63, 3.8) is 0 Å². The van der Waals surface area contributed by atoms with Gasteiger partial charge in [0.1, 0.15) is 11.6 Å². The highest BCUT2D eigenvalue weighted by atomic mass is 19.1. The molecule has 2 amide bonds. The Morgan fingerprint density at radius 2 is 1.95 bits per heavy atom. The van der Waals surface area contributed by atoms with E-state index in [-0.39, 0.29) is 24.4 Å². The molecule has 0 radical (unpaired) electrons. The molecule has 1 saturated heterocycles. The summed E-state index contributed by atoms with van der Waals surface area (Å²) >= 11 is 0. The second-order valence-electron chi connectivity index (χ2n) is 4.62. The monoisotopic (exact) mass is 298 g/mol. The molecule has 21 heavy (non-hydrogen) atoms. The van der Waals surface area contributed by atoms with Gasteiger partial charge in [-0.05, 0) is 12.1 Å². The molecule has 114 valence electrons. The van der Waals surface area contributed by atoms with E-state index in [4.69, 9.17) is 4.74 Å². The molecular formula is C14H16F2N2O3. The van der Waals surface area contributed by atoms with Gasteiger partial charge in [-0.25, -0.2) is 8.78 Å². The van der Waals surface area contributed by atoms with Crippen molar-refractivity contribution in [2.45, 2.75) is 6.42 Å². The Bertz CT molecular complexity index is 531. The van der Waals surface area contributed by atoms with E-state index < -0.39 is 17.5 Å². The van der Waals surface area contributed by atoms with Gasteiger partial charge in [0.25, 0.3) is 5.91 Å².